The molecule has 2 unspecified atom stereocenters. The van der Waals surface area contributed by atoms with Gasteiger partial charge in [-0.1, -0.05) is 84.0 Å². The number of likely N-dealkylation sites (N-methyl/N-ethyl adjacent to an activating group) is 1. The summed E-state index contributed by atoms with van der Waals surface area (Å²) in [4.78, 5) is 19.5. The SMILES string of the molecule is CCCCCCCCCCCCCCCC[N+](C)(C)C(C)(O)COP(=O)([O-])O.[Na+]. The molecule has 8 heteroatoms. The monoisotopic (exact) mass is 446 g/mol. The minimum atomic E-state index is -4.81. The van der Waals surface area contributed by atoms with Gasteiger partial charge in [-0.25, -0.2) is 0 Å². The predicted molar refractivity (Wildman–Crippen MR) is 114 cm³/mol. The molecule has 6 nitrogen and oxygen atoms in total. The molecule has 0 radical (unpaired) electrons. The molecule has 0 aliphatic carbocycles. The van der Waals surface area contributed by atoms with Crippen molar-refractivity contribution in [3.05, 3.63) is 0 Å². The Kier molecular flexibility index (Phi) is 19.5. The minimum Gasteiger partial charge on any atom is -0.756 e. The van der Waals surface area contributed by atoms with E-state index in [1.54, 1.807) is 0 Å². The third-order valence-corrected chi connectivity index (χ3v) is 6.33. The van der Waals surface area contributed by atoms with E-state index in [1.165, 1.54) is 84.0 Å². The van der Waals surface area contributed by atoms with Crippen LogP contribution in [0.15, 0.2) is 0 Å². The molecule has 0 aliphatic heterocycles. The van der Waals surface area contributed by atoms with E-state index in [0.717, 1.165) is 19.4 Å². The van der Waals surface area contributed by atoms with Crippen molar-refractivity contribution >= 4 is 7.82 Å². The summed E-state index contributed by atoms with van der Waals surface area (Å²) in [5.74, 6) is 0. The predicted octanol–water partition coefficient (Wildman–Crippen LogP) is 1.73. The minimum absolute atomic E-state index is 0. The maximum Gasteiger partial charge on any atom is 1.00 e. The molecule has 0 bridgehead atoms. The van der Waals surface area contributed by atoms with E-state index in [1.807, 2.05) is 14.1 Å². The third kappa shape index (κ3) is 18.3. The summed E-state index contributed by atoms with van der Waals surface area (Å²) in [6.45, 7) is 4.07. The molecule has 0 saturated carbocycles. The van der Waals surface area contributed by atoms with E-state index in [4.69, 9.17) is 4.89 Å². The summed E-state index contributed by atoms with van der Waals surface area (Å²) in [5.41, 5.74) is -1.38. The molecule has 0 fully saturated rings. The van der Waals surface area contributed by atoms with Crippen LogP contribution in [0, 0.1) is 0 Å². The van der Waals surface area contributed by atoms with Crippen LogP contribution in [0.5, 0.6) is 0 Å². The van der Waals surface area contributed by atoms with Gasteiger partial charge in [0.2, 0.25) is 5.72 Å². The zero-order valence-corrected chi connectivity index (χ0v) is 22.7. The van der Waals surface area contributed by atoms with Gasteiger partial charge < -0.3 is 19.4 Å². The van der Waals surface area contributed by atoms with Crippen LogP contribution >= 0.6 is 7.82 Å². The number of unbranched alkanes of at least 4 members (excludes halogenated alkanes) is 13. The number of rotatable bonds is 19. The largest absolute Gasteiger partial charge is 1.00 e. The zero-order valence-electron chi connectivity index (χ0n) is 19.8. The maximum atomic E-state index is 10.7. The standard InChI is InChI=1S/C21H46NO5P.Na/c1-5-6-7-8-9-10-11-12-13-14-15-16-17-18-19-22(3,4)21(2,23)20-27-28(24,25)26;/h23H,5-20H2,1-4H3,(H-,24,25,26);/q;+1. The van der Waals surface area contributed by atoms with Gasteiger partial charge in [-0.05, 0) is 12.8 Å². The number of nitrogens with zero attached hydrogens (tertiary/aromatic N) is 1. The Labute approximate surface area is 201 Å². The van der Waals surface area contributed by atoms with Crippen LogP contribution in [0.2, 0.25) is 0 Å². The van der Waals surface area contributed by atoms with E-state index >= 15 is 0 Å². The fourth-order valence-electron chi connectivity index (χ4n) is 3.32. The van der Waals surface area contributed by atoms with E-state index in [0.29, 0.717) is 0 Å². The topological polar surface area (TPSA) is 89.8 Å². The Balaban J connectivity index is 0. The molecular formula is C21H46NNaO5P+. The van der Waals surface area contributed by atoms with Gasteiger partial charge in [-0.2, -0.15) is 0 Å². The van der Waals surface area contributed by atoms with Crippen LogP contribution in [0.4, 0.5) is 0 Å². The van der Waals surface area contributed by atoms with Crippen LogP contribution < -0.4 is 34.5 Å². The van der Waals surface area contributed by atoms with Crippen molar-refractivity contribution in [3.8, 4) is 0 Å². The molecule has 0 heterocycles. The summed E-state index contributed by atoms with van der Waals surface area (Å²) >= 11 is 0. The molecule has 0 aromatic heterocycles. The number of hydrogen-bond acceptors (Lipinski definition) is 4. The fraction of sp³-hybridized carbons (Fsp3) is 1.00. The van der Waals surface area contributed by atoms with E-state index in [-0.39, 0.29) is 34.0 Å². The van der Waals surface area contributed by atoms with Gasteiger partial charge >= 0.3 is 29.6 Å². The van der Waals surface area contributed by atoms with E-state index in [2.05, 4.69) is 11.4 Å². The Bertz CT molecular complexity index is 429. The fourth-order valence-corrected chi connectivity index (χ4v) is 3.73. The molecule has 0 aromatic carbocycles. The number of quaternary nitrogens is 1. The Morgan fingerprint density at radius 2 is 1.21 bits per heavy atom. The van der Waals surface area contributed by atoms with Crippen LogP contribution in [-0.4, -0.2) is 47.5 Å². The molecule has 2 atom stereocenters. The first-order valence-corrected chi connectivity index (χ1v) is 12.8. The third-order valence-electron chi connectivity index (χ3n) is 5.88. The van der Waals surface area contributed by atoms with E-state index < -0.39 is 20.2 Å². The van der Waals surface area contributed by atoms with Crippen LogP contribution in [0.25, 0.3) is 0 Å². The Hall–Kier alpha value is 1.03. The first-order valence-electron chi connectivity index (χ1n) is 11.3. The van der Waals surface area contributed by atoms with Crippen molar-refractivity contribution in [3.63, 3.8) is 0 Å². The van der Waals surface area contributed by atoms with Crippen molar-refractivity contribution in [2.45, 2.75) is 109 Å². The summed E-state index contributed by atoms with van der Waals surface area (Å²) in [5, 5.41) is 10.5. The van der Waals surface area contributed by atoms with Gasteiger partial charge in [0.25, 0.3) is 7.82 Å². The van der Waals surface area contributed by atoms with Crippen LogP contribution in [0.1, 0.15) is 104 Å². The number of aliphatic hydroxyl groups is 1. The van der Waals surface area contributed by atoms with Gasteiger partial charge in [-0.15, -0.1) is 0 Å². The molecular weight excluding hydrogens is 400 g/mol. The zero-order chi connectivity index (χ0) is 21.5. The second-order valence-electron chi connectivity index (χ2n) is 8.96. The smallest absolute Gasteiger partial charge is 0.756 e. The second-order valence-corrected chi connectivity index (χ2v) is 10.2. The molecule has 0 spiro atoms. The molecule has 29 heavy (non-hydrogen) atoms. The van der Waals surface area contributed by atoms with Crippen LogP contribution in [-0.2, 0) is 9.09 Å². The summed E-state index contributed by atoms with van der Waals surface area (Å²) in [7, 11) is -1.12. The molecule has 0 aliphatic rings. The number of hydrogen-bond donors (Lipinski definition) is 2. The normalized spacial score (nSPS) is 16.1. The summed E-state index contributed by atoms with van der Waals surface area (Å²) < 4.78 is 15.4. The van der Waals surface area contributed by atoms with Crippen molar-refractivity contribution in [2.24, 2.45) is 0 Å². The Morgan fingerprint density at radius 1 is 0.862 bits per heavy atom. The van der Waals surface area contributed by atoms with Crippen molar-refractivity contribution in [2.75, 3.05) is 27.2 Å². The molecule has 0 aromatic rings. The summed E-state index contributed by atoms with van der Waals surface area (Å²) in [6, 6.07) is 0. The Morgan fingerprint density at radius 3 is 1.55 bits per heavy atom. The molecule has 0 saturated heterocycles. The van der Waals surface area contributed by atoms with Gasteiger partial charge in [0.1, 0.15) is 6.61 Å². The van der Waals surface area contributed by atoms with Crippen molar-refractivity contribution in [1.82, 2.24) is 0 Å². The van der Waals surface area contributed by atoms with Gasteiger partial charge in [0.05, 0.1) is 20.6 Å². The van der Waals surface area contributed by atoms with Crippen molar-refractivity contribution < 1.29 is 58.0 Å². The average Bonchev–Trinajstić information content (AvgIpc) is 2.59. The van der Waals surface area contributed by atoms with Gasteiger partial charge in [-0.3, -0.25) is 9.05 Å². The molecule has 2 N–H and O–H groups in total. The van der Waals surface area contributed by atoms with Gasteiger partial charge in [0.15, 0.2) is 0 Å². The van der Waals surface area contributed by atoms with Gasteiger partial charge in [0, 0.05) is 6.92 Å². The van der Waals surface area contributed by atoms with Crippen molar-refractivity contribution in [1.29, 1.82) is 0 Å². The molecule has 0 amide bonds. The maximum absolute atomic E-state index is 10.7. The summed E-state index contributed by atoms with van der Waals surface area (Å²) in [6.07, 6.45) is 18.2. The quantitative estimate of drug-likeness (QED) is 0.104. The second kappa shape index (κ2) is 17.6. The van der Waals surface area contributed by atoms with Crippen LogP contribution in [0.3, 0.4) is 0 Å². The first-order chi connectivity index (χ1) is 13.0. The molecule has 0 rings (SSSR count). The number of phosphoric acid groups is 1. The van der Waals surface area contributed by atoms with E-state index in [9.17, 15) is 14.6 Å². The molecule has 170 valence electrons. The first kappa shape index (κ1) is 32.2. The number of phosphoric ester groups is 1. The average molecular weight is 447 g/mol.